The van der Waals surface area contributed by atoms with Gasteiger partial charge < -0.3 is 10.4 Å². The van der Waals surface area contributed by atoms with E-state index in [1.807, 2.05) is 26.0 Å². The van der Waals surface area contributed by atoms with Gasteiger partial charge in [-0.15, -0.1) is 0 Å². The van der Waals surface area contributed by atoms with Crippen LogP contribution in [0.5, 0.6) is 0 Å². The third-order valence-corrected chi connectivity index (χ3v) is 2.74. The highest BCUT2D eigenvalue weighted by Gasteiger charge is 2.07. The second-order valence-corrected chi connectivity index (χ2v) is 4.59. The number of nitrogens with one attached hydrogen (secondary N) is 1. The molecule has 86 valence electrons. The number of rotatable bonds is 4. The fourth-order valence-electron chi connectivity index (χ4n) is 1.46. The van der Waals surface area contributed by atoms with Crippen LogP contribution in [0.25, 0.3) is 0 Å². The molecule has 0 fully saturated rings. The molecule has 1 rings (SSSR count). The van der Waals surface area contributed by atoms with E-state index in [4.69, 9.17) is 5.11 Å². The number of carbonyl (C=O) groups is 1. The molecular weight excluding hydrogens is 270 g/mol. The van der Waals surface area contributed by atoms with Gasteiger partial charge in [-0.25, -0.2) is 4.79 Å². The van der Waals surface area contributed by atoms with E-state index in [1.165, 1.54) is 0 Å². The molecule has 0 aliphatic carbocycles. The van der Waals surface area contributed by atoms with Gasteiger partial charge in [-0.05, 0) is 37.1 Å². The zero-order valence-corrected chi connectivity index (χ0v) is 10.9. The zero-order chi connectivity index (χ0) is 12.3. The molecule has 0 aliphatic heterocycles. The van der Waals surface area contributed by atoms with Crippen molar-refractivity contribution in [2.45, 2.75) is 13.8 Å². The summed E-state index contributed by atoms with van der Waals surface area (Å²) in [6.07, 6.45) is 0. The summed E-state index contributed by atoms with van der Waals surface area (Å²) in [5, 5.41) is 11.8. The highest BCUT2D eigenvalue weighted by molar-refractivity contribution is 9.10. The van der Waals surface area contributed by atoms with Gasteiger partial charge in [0.2, 0.25) is 0 Å². The van der Waals surface area contributed by atoms with Gasteiger partial charge in [0.1, 0.15) is 0 Å². The van der Waals surface area contributed by atoms with Crippen molar-refractivity contribution in [1.82, 2.24) is 0 Å². The van der Waals surface area contributed by atoms with Crippen molar-refractivity contribution >= 4 is 27.6 Å². The summed E-state index contributed by atoms with van der Waals surface area (Å²) in [5.41, 5.74) is 3.27. The number of carboxylic acids is 1. The Morgan fingerprint density at radius 3 is 2.38 bits per heavy atom. The zero-order valence-electron chi connectivity index (χ0n) is 9.30. The first-order valence-corrected chi connectivity index (χ1v) is 5.63. The summed E-state index contributed by atoms with van der Waals surface area (Å²) in [5.74, 6) is -0.972. The molecule has 0 saturated heterocycles. The minimum absolute atomic E-state index is 0.154. The van der Waals surface area contributed by atoms with Crippen LogP contribution in [0.4, 0.5) is 5.69 Å². The highest BCUT2D eigenvalue weighted by Crippen LogP contribution is 2.25. The number of hydrogen-bond donors (Lipinski definition) is 2. The van der Waals surface area contributed by atoms with Crippen molar-refractivity contribution in [2.75, 3.05) is 11.9 Å². The van der Waals surface area contributed by atoms with E-state index in [9.17, 15) is 4.79 Å². The Hall–Kier alpha value is -1.29. The molecule has 0 atom stereocenters. The molecule has 0 unspecified atom stereocenters. The number of hydrogen-bond acceptors (Lipinski definition) is 2. The third kappa shape index (κ3) is 3.10. The van der Waals surface area contributed by atoms with E-state index in [2.05, 4.69) is 27.8 Å². The lowest BCUT2D eigenvalue weighted by Gasteiger charge is -2.13. The summed E-state index contributed by atoms with van der Waals surface area (Å²) in [4.78, 5) is 10.6. The van der Waals surface area contributed by atoms with E-state index in [0.29, 0.717) is 0 Å². The van der Waals surface area contributed by atoms with Crippen LogP contribution in [-0.2, 0) is 4.79 Å². The number of benzene rings is 1. The SMILES string of the molecule is C=C(CNc1c(C)cc(Br)cc1C)C(=O)O. The van der Waals surface area contributed by atoms with Crippen molar-refractivity contribution in [3.8, 4) is 0 Å². The van der Waals surface area contributed by atoms with Gasteiger partial charge in [0.15, 0.2) is 0 Å². The Balaban J connectivity index is 2.82. The molecule has 0 bridgehead atoms. The number of aliphatic carboxylic acids is 1. The van der Waals surface area contributed by atoms with E-state index >= 15 is 0 Å². The van der Waals surface area contributed by atoms with E-state index in [1.54, 1.807) is 0 Å². The first-order valence-electron chi connectivity index (χ1n) is 4.83. The quantitative estimate of drug-likeness (QED) is 0.835. The van der Waals surface area contributed by atoms with Gasteiger partial charge in [-0.2, -0.15) is 0 Å². The van der Waals surface area contributed by atoms with Crippen molar-refractivity contribution in [3.63, 3.8) is 0 Å². The van der Waals surface area contributed by atoms with Crippen LogP contribution >= 0.6 is 15.9 Å². The first kappa shape index (κ1) is 12.8. The first-order chi connectivity index (χ1) is 7.41. The van der Waals surface area contributed by atoms with Crippen LogP contribution in [0.15, 0.2) is 28.8 Å². The predicted octanol–water partition coefficient (Wildman–Crippen LogP) is 3.12. The average molecular weight is 284 g/mol. The summed E-state index contributed by atoms with van der Waals surface area (Å²) < 4.78 is 1.02. The lowest BCUT2D eigenvalue weighted by Crippen LogP contribution is -2.12. The Morgan fingerprint density at radius 1 is 1.44 bits per heavy atom. The molecule has 0 heterocycles. The average Bonchev–Trinajstić information content (AvgIpc) is 2.15. The molecule has 0 radical (unpaired) electrons. The summed E-state index contributed by atoms with van der Waals surface area (Å²) in [6.45, 7) is 7.68. The van der Waals surface area contributed by atoms with Gasteiger partial charge >= 0.3 is 5.97 Å². The number of aryl methyl sites for hydroxylation is 2. The van der Waals surface area contributed by atoms with E-state index in [0.717, 1.165) is 21.3 Å². The minimum atomic E-state index is -0.972. The normalized spacial score (nSPS) is 9.94. The molecule has 1 aromatic carbocycles. The predicted molar refractivity (Wildman–Crippen MR) is 68.9 cm³/mol. The Morgan fingerprint density at radius 2 is 1.94 bits per heavy atom. The van der Waals surface area contributed by atoms with Crippen LogP contribution in [-0.4, -0.2) is 17.6 Å². The lowest BCUT2D eigenvalue weighted by molar-refractivity contribution is -0.132. The van der Waals surface area contributed by atoms with E-state index < -0.39 is 5.97 Å². The Bertz CT molecular complexity index is 418. The third-order valence-electron chi connectivity index (χ3n) is 2.28. The number of anilines is 1. The molecular formula is C12H14BrNO2. The van der Waals surface area contributed by atoms with Crippen molar-refractivity contribution in [3.05, 3.63) is 39.9 Å². The number of halogens is 1. The largest absolute Gasteiger partial charge is 0.478 e. The van der Waals surface area contributed by atoms with Crippen LogP contribution in [0.2, 0.25) is 0 Å². The summed E-state index contributed by atoms with van der Waals surface area (Å²) in [6, 6.07) is 3.97. The molecule has 4 heteroatoms. The Labute approximate surface area is 103 Å². The minimum Gasteiger partial charge on any atom is -0.478 e. The second-order valence-electron chi connectivity index (χ2n) is 3.68. The van der Waals surface area contributed by atoms with Gasteiger partial charge in [0.05, 0.1) is 0 Å². The molecule has 0 spiro atoms. The summed E-state index contributed by atoms with van der Waals surface area (Å²) in [7, 11) is 0. The number of carboxylic acid groups (broad SMARTS) is 1. The standard InChI is InChI=1S/C12H14BrNO2/c1-7-4-10(13)5-8(2)11(7)14-6-9(3)12(15)16/h4-5,14H,3,6H2,1-2H3,(H,15,16). The molecule has 0 aromatic heterocycles. The molecule has 1 aromatic rings. The van der Waals surface area contributed by atoms with Gasteiger partial charge in [0.25, 0.3) is 0 Å². The second kappa shape index (κ2) is 5.16. The topological polar surface area (TPSA) is 49.3 Å². The molecule has 16 heavy (non-hydrogen) atoms. The fraction of sp³-hybridized carbons (Fsp3) is 0.250. The summed E-state index contributed by atoms with van der Waals surface area (Å²) >= 11 is 3.41. The molecule has 2 N–H and O–H groups in total. The Kier molecular flexibility index (Phi) is 4.12. The van der Waals surface area contributed by atoms with Gasteiger partial charge in [-0.1, -0.05) is 22.5 Å². The van der Waals surface area contributed by atoms with Crippen LogP contribution < -0.4 is 5.32 Å². The van der Waals surface area contributed by atoms with Gasteiger partial charge in [-0.3, -0.25) is 0 Å². The van der Waals surface area contributed by atoms with Crippen LogP contribution in [0.3, 0.4) is 0 Å². The van der Waals surface area contributed by atoms with E-state index in [-0.39, 0.29) is 12.1 Å². The maximum Gasteiger partial charge on any atom is 0.332 e. The fourth-order valence-corrected chi connectivity index (χ4v) is 2.15. The molecule has 0 saturated carbocycles. The maximum absolute atomic E-state index is 10.6. The maximum atomic E-state index is 10.6. The highest BCUT2D eigenvalue weighted by atomic mass is 79.9. The smallest absolute Gasteiger partial charge is 0.332 e. The molecule has 3 nitrogen and oxygen atoms in total. The van der Waals surface area contributed by atoms with Crippen molar-refractivity contribution in [2.24, 2.45) is 0 Å². The van der Waals surface area contributed by atoms with Gasteiger partial charge in [0, 0.05) is 22.3 Å². The van der Waals surface area contributed by atoms with Crippen molar-refractivity contribution < 1.29 is 9.90 Å². The van der Waals surface area contributed by atoms with Crippen LogP contribution in [0.1, 0.15) is 11.1 Å². The monoisotopic (exact) mass is 283 g/mol. The lowest BCUT2D eigenvalue weighted by atomic mass is 10.1. The molecule has 0 amide bonds. The van der Waals surface area contributed by atoms with Crippen LogP contribution in [0, 0.1) is 13.8 Å². The van der Waals surface area contributed by atoms with Crippen molar-refractivity contribution in [1.29, 1.82) is 0 Å². The molecule has 0 aliphatic rings.